The fraction of sp³-hybridized carbons (Fsp3) is 0.211. The highest BCUT2D eigenvalue weighted by Crippen LogP contribution is 2.47. The van der Waals surface area contributed by atoms with Crippen molar-refractivity contribution in [1.29, 1.82) is 0 Å². The molecule has 0 atom stereocenters. The topological polar surface area (TPSA) is 24.9 Å². The lowest BCUT2D eigenvalue weighted by molar-refractivity contribution is 0.415. The average Bonchev–Trinajstić information content (AvgIpc) is 3.08. The Morgan fingerprint density at radius 1 is 0.558 bits per heavy atom. The van der Waals surface area contributed by atoms with Gasteiger partial charge in [-0.15, -0.1) is 0 Å². The maximum absolute atomic E-state index is 5.80. The predicted molar refractivity (Wildman–Crippen MR) is 179 cm³/mol. The van der Waals surface area contributed by atoms with E-state index < -0.39 is 0 Å². The van der Waals surface area contributed by atoms with Gasteiger partial charge in [0.2, 0.25) is 0 Å². The van der Waals surface area contributed by atoms with Crippen LogP contribution in [0.25, 0.3) is 0 Å². The van der Waals surface area contributed by atoms with Crippen LogP contribution in [0.1, 0.15) is 43.6 Å². The van der Waals surface area contributed by atoms with Crippen molar-refractivity contribution in [2.24, 2.45) is 0 Å². The highest BCUT2D eigenvalue weighted by Gasteiger charge is 2.44. The number of rotatable bonds is 5. The van der Waals surface area contributed by atoms with Crippen molar-refractivity contribution in [3.05, 3.63) is 115 Å². The summed E-state index contributed by atoms with van der Waals surface area (Å²) >= 11 is 0. The van der Waals surface area contributed by atoms with Gasteiger partial charge in [-0.3, -0.25) is 0 Å². The molecule has 1 fully saturated rings. The number of hydrogen-bond donors (Lipinski definition) is 0. The Morgan fingerprint density at radius 2 is 1.05 bits per heavy atom. The molecule has 5 heteroatoms. The number of nitrogens with zero attached hydrogens (tertiary/aromatic N) is 2. The molecule has 0 amide bonds. The zero-order valence-corrected chi connectivity index (χ0v) is 24.8. The molecule has 0 spiro atoms. The van der Waals surface area contributed by atoms with Gasteiger partial charge in [0.05, 0.1) is 14.2 Å². The van der Waals surface area contributed by atoms with Gasteiger partial charge in [-0.2, -0.15) is 0 Å². The van der Waals surface area contributed by atoms with Gasteiger partial charge < -0.3 is 19.3 Å². The first-order chi connectivity index (χ1) is 21.2. The number of para-hydroxylation sites is 2. The van der Waals surface area contributed by atoms with Gasteiger partial charge in [-0.05, 0) is 89.2 Å². The van der Waals surface area contributed by atoms with Gasteiger partial charge in [-0.1, -0.05) is 67.8 Å². The summed E-state index contributed by atoms with van der Waals surface area (Å²) in [5.41, 5.74) is 12.5. The first kappa shape index (κ1) is 26.0. The van der Waals surface area contributed by atoms with Crippen LogP contribution in [0.5, 0.6) is 11.5 Å². The maximum Gasteiger partial charge on any atom is 0.252 e. The summed E-state index contributed by atoms with van der Waals surface area (Å²) in [6.07, 6.45) is 6.42. The second-order valence-corrected chi connectivity index (χ2v) is 11.9. The third-order valence-corrected chi connectivity index (χ3v) is 9.61. The minimum Gasteiger partial charge on any atom is -0.497 e. The summed E-state index contributed by atoms with van der Waals surface area (Å²) in [5.74, 6) is 2.29. The Morgan fingerprint density at radius 3 is 1.51 bits per heavy atom. The van der Waals surface area contributed by atoms with Gasteiger partial charge in [0.1, 0.15) is 11.5 Å². The SMILES string of the molecule is COc1ccc2c(c1)N(c1ccccc1)c1cc(C3CCCCC3)cc3c1B2c1ccc(OC)cc1N3c1ccccc1. The van der Waals surface area contributed by atoms with Crippen LogP contribution in [0.2, 0.25) is 0 Å². The largest absolute Gasteiger partial charge is 0.497 e. The first-order valence-electron chi connectivity index (χ1n) is 15.5. The number of anilines is 6. The molecule has 2 aliphatic heterocycles. The molecule has 0 radical (unpaired) electrons. The minimum absolute atomic E-state index is 0.0761. The zero-order chi connectivity index (χ0) is 28.9. The third-order valence-electron chi connectivity index (χ3n) is 9.61. The Balaban J connectivity index is 1.48. The molecule has 3 aliphatic rings. The summed E-state index contributed by atoms with van der Waals surface area (Å²) in [7, 11) is 3.51. The van der Waals surface area contributed by atoms with Crippen LogP contribution in [0.4, 0.5) is 34.1 Å². The molecular formula is C38H35BN2O2. The monoisotopic (exact) mass is 562 g/mol. The normalized spacial score (nSPS) is 15.4. The highest BCUT2D eigenvalue weighted by atomic mass is 16.5. The molecule has 0 aromatic heterocycles. The lowest BCUT2D eigenvalue weighted by Gasteiger charge is -2.45. The van der Waals surface area contributed by atoms with Crippen molar-refractivity contribution in [3.63, 3.8) is 0 Å². The van der Waals surface area contributed by atoms with Crippen molar-refractivity contribution in [3.8, 4) is 11.5 Å². The Hall–Kier alpha value is -4.64. The predicted octanol–water partition coefficient (Wildman–Crippen LogP) is 7.83. The molecular weight excluding hydrogens is 527 g/mol. The molecule has 212 valence electrons. The van der Waals surface area contributed by atoms with Crippen molar-refractivity contribution in [2.75, 3.05) is 24.0 Å². The van der Waals surface area contributed by atoms with Crippen LogP contribution in [0.15, 0.2) is 109 Å². The highest BCUT2D eigenvalue weighted by molar-refractivity contribution is 7.00. The lowest BCUT2D eigenvalue weighted by atomic mass is 9.33. The van der Waals surface area contributed by atoms with Crippen molar-refractivity contribution in [1.82, 2.24) is 0 Å². The van der Waals surface area contributed by atoms with Crippen LogP contribution >= 0.6 is 0 Å². The van der Waals surface area contributed by atoms with E-state index in [1.807, 2.05) is 0 Å². The summed E-state index contributed by atoms with van der Waals surface area (Å²) in [6, 6.07) is 39.8. The molecule has 5 aromatic carbocycles. The summed E-state index contributed by atoms with van der Waals surface area (Å²) in [5, 5.41) is 0. The minimum atomic E-state index is 0.0761. The second-order valence-electron chi connectivity index (χ2n) is 11.9. The quantitative estimate of drug-likeness (QED) is 0.200. The van der Waals surface area contributed by atoms with E-state index in [9.17, 15) is 0 Å². The summed E-state index contributed by atoms with van der Waals surface area (Å²) < 4.78 is 11.6. The van der Waals surface area contributed by atoms with Gasteiger partial charge in [0.15, 0.2) is 0 Å². The number of fused-ring (bicyclic) bond motifs is 4. The van der Waals surface area contributed by atoms with E-state index in [2.05, 4.69) is 119 Å². The third kappa shape index (κ3) is 4.21. The number of methoxy groups -OCH3 is 2. The number of ether oxygens (including phenoxy) is 2. The molecule has 5 aromatic rings. The molecule has 4 nitrogen and oxygen atoms in total. The second kappa shape index (κ2) is 10.6. The van der Waals surface area contributed by atoms with E-state index >= 15 is 0 Å². The summed E-state index contributed by atoms with van der Waals surface area (Å²) in [6.45, 7) is 0.0761. The van der Waals surface area contributed by atoms with E-state index in [1.54, 1.807) is 14.2 Å². The molecule has 0 unspecified atom stereocenters. The van der Waals surface area contributed by atoms with Gasteiger partial charge in [0, 0.05) is 46.3 Å². The molecule has 0 bridgehead atoms. The van der Waals surface area contributed by atoms with Crippen molar-refractivity contribution < 1.29 is 9.47 Å². The summed E-state index contributed by atoms with van der Waals surface area (Å²) in [4.78, 5) is 4.94. The van der Waals surface area contributed by atoms with Gasteiger partial charge >= 0.3 is 0 Å². The maximum atomic E-state index is 5.80. The molecule has 0 N–H and O–H groups in total. The molecule has 1 saturated carbocycles. The van der Waals surface area contributed by atoms with E-state index in [1.165, 1.54) is 76.8 Å². The number of benzene rings is 5. The zero-order valence-electron chi connectivity index (χ0n) is 24.8. The van der Waals surface area contributed by atoms with Crippen LogP contribution in [-0.4, -0.2) is 20.9 Å². The van der Waals surface area contributed by atoms with Crippen LogP contribution in [-0.2, 0) is 0 Å². The standard InChI is InChI=1S/C38H35BN2O2/c1-42-30-18-20-32-34(24-30)40(28-14-8-4-9-15-28)36-22-27(26-12-6-3-7-13-26)23-37-38(36)39(32)33-21-19-31(43-2)25-35(33)41(37)29-16-10-5-11-17-29/h4-5,8-11,14-26H,3,6-7,12-13H2,1-2H3. The lowest BCUT2D eigenvalue weighted by Crippen LogP contribution is -2.61. The van der Waals surface area contributed by atoms with Gasteiger partial charge in [0.25, 0.3) is 6.71 Å². The molecule has 1 aliphatic carbocycles. The fourth-order valence-electron chi connectivity index (χ4n) is 7.61. The smallest absolute Gasteiger partial charge is 0.252 e. The van der Waals surface area contributed by atoms with E-state index in [-0.39, 0.29) is 6.71 Å². The number of hydrogen-bond acceptors (Lipinski definition) is 4. The van der Waals surface area contributed by atoms with Gasteiger partial charge in [-0.25, -0.2) is 0 Å². The Bertz CT molecular complexity index is 1680. The fourth-order valence-corrected chi connectivity index (χ4v) is 7.61. The van der Waals surface area contributed by atoms with Crippen LogP contribution < -0.4 is 35.7 Å². The Kier molecular flexibility index (Phi) is 6.40. The van der Waals surface area contributed by atoms with Crippen molar-refractivity contribution >= 4 is 57.2 Å². The Labute approximate surface area is 254 Å². The molecule has 0 saturated heterocycles. The van der Waals surface area contributed by atoms with Crippen molar-refractivity contribution in [2.45, 2.75) is 38.0 Å². The van der Waals surface area contributed by atoms with Crippen LogP contribution in [0, 0.1) is 0 Å². The van der Waals surface area contributed by atoms with E-state index in [0.29, 0.717) is 5.92 Å². The molecule has 2 heterocycles. The van der Waals surface area contributed by atoms with Crippen LogP contribution in [0.3, 0.4) is 0 Å². The average molecular weight is 563 g/mol. The van der Waals surface area contributed by atoms with E-state index in [4.69, 9.17) is 9.47 Å². The van der Waals surface area contributed by atoms with E-state index in [0.717, 1.165) is 22.9 Å². The molecule has 43 heavy (non-hydrogen) atoms. The molecule has 8 rings (SSSR count). The first-order valence-corrected chi connectivity index (χ1v) is 15.5.